The summed E-state index contributed by atoms with van der Waals surface area (Å²) in [6.07, 6.45) is 0. The lowest BCUT2D eigenvalue weighted by Crippen LogP contribution is -2.26. The number of carbonyl (C=O) groups is 1. The molecule has 3 N–H and O–H groups in total. The average Bonchev–Trinajstić information content (AvgIpc) is 2.83. The van der Waals surface area contributed by atoms with Crippen LogP contribution in [-0.2, 0) is 0 Å². The van der Waals surface area contributed by atoms with Gasteiger partial charge < -0.3 is 11.1 Å². The highest BCUT2D eigenvalue weighted by molar-refractivity contribution is 7.03. The Morgan fingerprint density at radius 2 is 2.12 bits per heavy atom. The quantitative estimate of drug-likeness (QED) is 0.809. The number of aromatic nitrogens is 2. The summed E-state index contributed by atoms with van der Waals surface area (Å²) >= 11 is 1.15. The number of hydrogen-bond acceptors (Lipinski definition) is 5. The van der Waals surface area contributed by atoms with E-state index in [4.69, 9.17) is 5.73 Å². The monoisotopic (exact) mass is 248 g/mol. The van der Waals surface area contributed by atoms with Gasteiger partial charge in [-0.25, -0.2) is 0 Å². The van der Waals surface area contributed by atoms with Gasteiger partial charge in [-0.3, -0.25) is 4.79 Å². The Kier molecular flexibility index (Phi) is 3.34. The normalized spacial score (nSPS) is 12.1. The summed E-state index contributed by atoms with van der Waals surface area (Å²) in [4.78, 5) is 11.7. The Labute approximate surface area is 103 Å². The van der Waals surface area contributed by atoms with Crippen LogP contribution in [0.4, 0.5) is 5.69 Å². The lowest BCUT2D eigenvalue weighted by Gasteiger charge is -2.13. The van der Waals surface area contributed by atoms with Gasteiger partial charge >= 0.3 is 0 Å². The first kappa shape index (κ1) is 11.5. The van der Waals surface area contributed by atoms with Crippen molar-refractivity contribution in [2.45, 2.75) is 13.0 Å². The summed E-state index contributed by atoms with van der Waals surface area (Å²) < 4.78 is 3.65. The van der Waals surface area contributed by atoms with Crippen LogP contribution in [-0.4, -0.2) is 15.5 Å². The molecule has 1 heterocycles. The van der Waals surface area contributed by atoms with Crippen LogP contribution in [0.15, 0.2) is 29.6 Å². The number of nitrogens with two attached hydrogens (primary N) is 1. The number of amides is 1. The molecule has 0 fully saturated rings. The van der Waals surface area contributed by atoms with E-state index in [0.717, 1.165) is 17.1 Å². The van der Waals surface area contributed by atoms with Gasteiger partial charge in [-0.15, -0.1) is 5.10 Å². The maximum Gasteiger partial charge on any atom is 0.273 e. The summed E-state index contributed by atoms with van der Waals surface area (Å²) in [7, 11) is 0. The van der Waals surface area contributed by atoms with E-state index in [1.165, 1.54) is 0 Å². The fourth-order valence-electron chi connectivity index (χ4n) is 1.40. The predicted molar refractivity (Wildman–Crippen MR) is 66.6 cm³/mol. The number of hydrogen-bond donors (Lipinski definition) is 2. The first-order chi connectivity index (χ1) is 8.16. The standard InChI is InChI=1S/C11H12N4OS/c1-7(8-2-4-9(12)5-3-8)13-11(16)10-6-17-15-14-10/h2-7H,12H2,1H3,(H,13,16). The molecule has 1 unspecified atom stereocenters. The van der Waals surface area contributed by atoms with Crippen LogP contribution < -0.4 is 11.1 Å². The van der Waals surface area contributed by atoms with Gasteiger partial charge in [-0.05, 0) is 36.2 Å². The van der Waals surface area contributed by atoms with Gasteiger partial charge in [0.05, 0.1) is 6.04 Å². The number of nitrogens with one attached hydrogen (secondary N) is 1. The van der Waals surface area contributed by atoms with Crippen molar-refractivity contribution in [3.05, 3.63) is 40.9 Å². The zero-order valence-electron chi connectivity index (χ0n) is 9.25. The van der Waals surface area contributed by atoms with Gasteiger partial charge in [-0.2, -0.15) is 0 Å². The van der Waals surface area contributed by atoms with Crippen LogP contribution in [0.1, 0.15) is 29.0 Å². The minimum atomic E-state index is -0.219. The fraction of sp³-hybridized carbons (Fsp3) is 0.182. The van der Waals surface area contributed by atoms with Crippen LogP contribution in [0.25, 0.3) is 0 Å². The van der Waals surface area contributed by atoms with E-state index in [2.05, 4.69) is 14.9 Å². The van der Waals surface area contributed by atoms with E-state index in [1.54, 1.807) is 5.38 Å². The van der Waals surface area contributed by atoms with E-state index < -0.39 is 0 Å². The van der Waals surface area contributed by atoms with Gasteiger partial charge in [0.1, 0.15) is 0 Å². The molecular weight excluding hydrogens is 236 g/mol. The maximum atomic E-state index is 11.7. The zero-order valence-corrected chi connectivity index (χ0v) is 10.1. The second-order valence-electron chi connectivity index (χ2n) is 3.65. The van der Waals surface area contributed by atoms with Gasteiger partial charge in [0.15, 0.2) is 5.69 Å². The average molecular weight is 248 g/mol. The van der Waals surface area contributed by atoms with E-state index >= 15 is 0 Å². The molecule has 5 nitrogen and oxygen atoms in total. The van der Waals surface area contributed by atoms with E-state index in [1.807, 2.05) is 31.2 Å². The first-order valence-electron chi connectivity index (χ1n) is 5.10. The Hall–Kier alpha value is -1.95. The molecule has 1 amide bonds. The van der Waals surface area contributed by atoms with Gasteiger partial charge in [0.25, 0.3) is 5.91 Å². The fourth-order valence-corrected chi connectivity index (χ4v) is 1.84. The van der Waals surface area contributed by atoms with Crippen molar-refractivity contribution in [2.24, 2.45) is 0 Å². The Morgan fingerprint density at radius 3 is 2.71 bits per heavy atom. The third kappa shape index (κ3) is 2.79. The molecule has 17 heavy (non-hydrogen) atoms. The number of carbonyl (C=O) groups excluding carboxylic acids is 1. The van der Waals surface area contributed by atoms with Crippen molar-refractivity contribution >= 4 is 23.1 Å². The molecule has 0 aliphatic rings. The van der Waals surface area contributed by atoms with Gasteiger partial charge in [0, 0.05) is 11.1 Å². The SMILES string of the molecule is CC(NC(=O)c1csnn1)c1ccc(N)cc1. The molecule has 2 rings (SSSR count). The highest BCUT2D eigenvalue weighted by Gasteiger charge is 2.13. The molecule has 0 aliphatic heterocycles. The van der Waals surface area contributed by atoms with Crippen molar-refractivity contribution in [1.82, 2.24) is 14.9 Å². The minimum Gasteiger partial charge on any atom is -0.399 e. The molecule has 0 aliphatic carbocycles. The molecule has 0 spiro atoms. The number of nitrogens with zero attached hydrogens (tertiary/aromatic N) is 2. The number of nitrogen functional groups attached to an aromatic ring is 1. The summed E-state index contributed by atoms with van der Waals surface area (Å²) in [5.41, 5.74) is 7.65. The van der Waals surface area contributed by atoms with Crippen molar-refractivity contribution in [2.75, 3.05) is 5.73 Å². The molecule has 1 aromatic heterocycles. The highest BCUT2D eigenvalue weighted by atomic mass is 32.1. The molecule has 88 valence electrons. The zero-order chi connectivity index (χ0) is 12.3. The minimum absolute atomic E-state index is 0.0928. The lowest BCUT2D eigenvalue weighted by molar-refractivity contribution is 0.0935. The molecule has 0 saturated carbocycles. The van der Waals surface area contributed by atoms with Crippen molar-refractivity contribution in [3.8, 4) is 0 Å². The molecule has 0 bridgehead atoms. The topological polar surface area (TPSA) is 80.9 Å². The van der Waals surface area contributed by atoms with Crippen molar-refractivity contribution < 1.29 is 4.79 Å². The summed E-state index contributed by atoms with van der Waals surface area (Å²) in [6, 6.07) is 7.30. The molecule has 6 heteroatoms. The smallest absolute Gasteiger partial charge is 0.273 e. The second kappa shape index (κ2) is 4.92. The Bertz CT molecular complexity index is 495. The first-order valence-corrected chi connectivity index (χ1v) is 5.94. The largest absolute Gasteiger partial charge is 0.399 e. The number of rotatable bonds is 3. The Balaban J connectivity index is 2.04. The summed E-state index contributed by atoms with van der Waals surface area (Å²) in [5.74, 6) is -0.219. The van der Waals surface area contributed by atoms with Crippen molar-refractivity contribution in [1.29, 1.82) is 0 Å². The second-order valence-corrected chi connectivity index (χ2v) is 4.26. The Morgan fingerprint density at radius 1 is 1.41 bits per heavy atom. The molecule has 0 radical (unpaired) electrons. The van der Waals surface area contributed by atoms with Crippen LogP contribution in [0, 0.1) is 0 Å². The molecular formula is C11H12N4OS. The van der Waals surface area contributed by atoms with Crippen molar-refractivity contribution in [3.63, 3.8) is 0 Å². The molecule has 1 aromatic carbocycles. The van der Waals surface area contributed by atoms with Gasteiger partial charge in [0.2, 0.25) is 0 Å². The van der Waals surface area contributed by atoms with Crippen LogP contribution >= 0.6 is 11.5 Å². The van der Waals surface area contributed by atoms with E-state index in [9.17, 15) is 4.79 Å². The maximum absolute atomic E-state index is 11.7. The lowest BCUT2D eigenvalue weighted by atomic mass is 10.1. The summed E-state index contributed by atoms with van der Waals surface area (Å²) in [6.45, 7) is 1.91. The number of benzene rings is 1. The highest BCUT2D eigenvalue weighted by Crippen LogP contribution is 2.14. The van der Waals surface area contributed by atoms with Gasteiger partial charge in [-0.1, -0.05) is 16.6 Å². The van der Waals surface area contributed by atoms with E-state index in [-0.39, 0.29) is 11.9 Å². The molecule has 0 saturated heterocycles. The predicted octanol–water partition coefficient (Wildman–Crippen LogP) is 1.61. The van der Waals surface area contributed by atoms with Crippen LogP contribution in [0.5, 0.6) is 0 Å². The third-order valence-electron chi connectivity index (χ3n) is 2.38. The van der Waals surface area contributed by atoms with E-state index in [0.29, 0.717) is 11.4 Å². The molecule has 2 aromatic rings. The van der Waals surface area contributed by atoms with Crippen LogP contribution in [0.3, 0.4) is 0 Å². The van der Waals surface area contributed by atoms with Crippen LogP contribution in [0.2, 0.25) is 0 Å². The molecule has 1 atom stereocenters. The summed E-state index contributed by atoms with van der Waals surface area (Å²) in [5, 5.41) is 8.17. The number of anilines is 1. The third-order valence-corrected chi connectivity index (χ3v) is 2.88.